The van der Waals surface area contributed by atoms with Gasteiger partial charge in [-0.15, -0.1) is 0 Å². The standard InChI is InChI=1S/C60H40N2O/c1-2-18-41(19-3-1)43-20-16-21-45(40-43)61(44-38-36-42(37-39-44)46-22-4-5-23-47(46)53-29-17-30-54-52-28-10-15-35-59(52)63-60(53)54)55-31-11-6-24-48(55)49-25-7-12-32-56(49)62-57-33-13-8-26-50(57)51-27-9-14-34-58(51)62/h1-40H. The molecule has 0 aliphatic rings. The fourth-order valence-corrected chi connectivity index (χ4v) is 9.58. The van der Waals surface area contributed by atoms with Gasteiger partial charge < -0.3 is 13.9 Å². The Hall–Kier alpha value is -8.40. The van der Waals surface area contributed by atoms with Crippen molar-refractivity contribution >= 4 is 60.8 Å². The van der Waals surface area contributed by atoms with Gasteiger partial charge in [0.1, 0.15) is 11.2 Å². The molecule has 0 atom stereocenters. The molecule has 0 saturated carbocycles. The molecule has 2 heterocycles. The third kappa shape index (κ3) is 6.21. The number of hydrogen-bond donors (Lipinski definition) is 0. The summed E-state index contributed by atoms with van der Waals surface area (Å²) in [6, 6.07) is 87.1. The Labute approximate surface area is 366 Å². The van der Waals surface area contributed by atoms with E-state index < -0.39 is 0 Å². The Morgan fingerprint density at radius 3 is 1.65 bits per heavy atom. The molecule has 3 heteroatoms. The molecule has 0 fully saturated rings. The third-order valence-corrected chi connectivity index (χ3v) is 12.4. The van der Waals surface area contributed by atoms with E-state index in [9.17, 15) is 0 Å². The molecule has 2 aromatic heterocycles. The van der Waals surface area contributed by atoms with E-state index in [1.807, 2.05) is 12.1 Å². The van der Waals surface area contributed by atoms with Crippen LogP contribution in [0.5, 0.6) is 0 Å². The van der Waals surface area contributed by atoms with Crippen molar-refractivity contribution in [1.82, 2.24) is 4.57 Å². The Kier molecular flexibility index (Phi) is 8.83. The van der Waals surface area contributed by atoms with Crippen molar-refractivity contribution in [3.05, 3.63) is 243 Å². The van der Waals surface area contributed by atoms with E-state index in [1.54, 1.807) is 0 Å². The van der Waals surface area contributed by atoms with Gasteiger partial charge in [0.25, 0.3) is 0 Å². The molecule has 0 aliphatic heterocycles. The highest BCUT2D eigenvalue weighted by molar-refractivity contribution is 6.11. The quantitative estimate of drug-likeness (QED) is 0.153. The minimum Gasteiger partial charge on any atom is -0.455 e. The summed E-state index contributed by atoms with van der Waals surface area (Å²) in [6.45, 7) is 0. The van der Waals surface area contributed by atoms with Gasteiger partial charge >= 0.3 is 0 Å². The van der Waals surface area contributed by atoms with E-state index in [0.717, 1.165) is 83.6 Å². The van der Waals surface area contributed by atoms with Gasteiger partial charge in [-0.05, 0) is 82.4 Å². The van der Waals surface area contributed by atoms with Crippen molar-refractivity contribution in [3.63, 3.8) is 0 Å². The summed E-state index contributed by atoms with van der Waals surface area (Å²) >= 11 is 0. The fraction of sp³-hybridized carbons (Fsp3) is 0. The van der Waals surface area contributed by atoms with Crippen molar-refractivity contribution < 1.29 is 4.42 Å². The molecular formula is C60H40N2O. The maximum absolute atomic E-state index is 6.53. The predicted molar refractivity (Wildman–Crippen MR) is 264 cm³/mol. The van der Waals surface area contributed by atoms with Crippen LogP contribution in [0.3, 0.4) is 0 Å². The lowest BCUT2D eigenvalue weighted by atomic mass is 9.93. The van der Waals surface area contributed by atoms with Crippen molar-refractivity contribution in [2.45, 2.75) is 0 Å². The van der Waals surface area contributed by atoms with Crippen LogP contribution >= 0.6 is 0 Å². The molecule has 0 bridgehead atoms. The predicted octanol–water partition coefficient (Wildman–Crippen LogP) is 16.8. The van der Waals surface area contributed by atoms with Gasteiger partial charge in [-0.1, -0.05) is 188 Å². The van der Waals surface area contributed by atoms with Gasteiger partial charge in [-0.3, -0.25) is 0 Å². The number of furan rings is 1. The number of para-hydroxylation sites is 6. The SMILES string of the molecule is c1ccc(-c2cccc(N(c3ccc(-c4ccccc4-c4cccc5c4oc4ccccc45)cc3)c3ccccc3-c3ccccc3-n3c4ccccc4c4ccccc43)c2)cc1. The summed E-state index contributed by atoms with van der Waals surface area (Å²) in [4.78, 5) is 2.41. The van der Waals surface area contributed by atoms with Gasteiger partial charge in [0.2, 0.25) is 0 Å². The zero-order valence-corrected chi connectivity index (χ0v) is 34.4. The van der Waals surface area contributed by atoms with Crippen molar-refractivity contribution in [2.24, 2.45) is 0 Å². The second-order valence-corrected chi connectivity index (χ2v) is 16.0. The number of hydrogen-bond acceptors (Lipinski definition) is 2. The summed E-state index contributed by atoms with van der Waals surface area (Å²) in [6.07, 6.45) is 0. The zero-order chi connectivity index (χ0) is 41.7. The molecule has 0 unspecified atom stereocenters. The van der Waals surface area contributed by atoms with E-state index >= 15 is 0 Å². The van der Waals surface area contributed by atoms with Gasteiger partial charge in [-0.25, -0.2) is 0 Å². The van der Waals surface area contributed by atoms with E-state index in [1.165, 1.54) is 27.4 Å². The van der Waals surface area contributed by atoms with Crippen LogP contribution in [0.2, 0.25) is 0 Å². The molecule has 10 aromatic carbocycles. The summed E-state index contributed by atoms with van der Waals surface area (Å²) in [5, 5.41) is 4.74. The molecule has 0 radical (unpaired) electrons. The highest BCUT2D eigenvalue weighted by atomic mass is 16.3. The molecule has 3 nitrogen and oxygen atoms in total. The third-order valence-electron chi connectivity index (χ3n) is 12.4. The lowest BCUT2D eigenvalue weighted by Crippen LogP contribution is -2.12. The first-order valence-corrected chi connectivity index (χ1v) is 21.5. The largest absolute Gasteiger partial charge is 0.455 e. The van der Waals surface area contributed by atoms with Crippen LogP contribution in [-0.2, 0) is 0 Å². The summed E-state index contributed by atoms with van der Waals surface area (Å²) in [7, 11) is 0. The number of aromatic nitrogens is 1. The first kappa shape index (κ1) is 36.5. The maximum atomic E-state index is 6.53. The van der Waals surface area contributed by atoms with Crippen LogP contribution in [0.25, 0.3) is 93.9 Å². The smallest absolute Gasteiger partial charge is 0.143 e. The van der Waals surface area contributed by atoms with Crippen LogP contribution in [0.1, 0.15) is 0 Å². The monoisotopic (exact) mass is 804 g/mol. The molecule has 12 rings (SSSR count). The molecule has 296 valence electrons. The van der Waals surface area contributed by atoms with Crippen LogP contribution < -0.4 is 4.90 Å². The van der Waals surface area contributed by atoms with E-state index in [-0.39, 0.29) is 0 Å². The first-order chi connectivity index (χ1) is 31.3. The second-order valence-electron chi connectivity index (χ2n) is 16.0. The molecule has 0 amide bonds. The Balaban J connectivity index is 1.03. The minimum absolute atomic E-state index is 0.899. The number of rotatable bonds is 8. The minimum atomic E-state index is 0.899. The van der Waals surface area contributed by atoms with Crippen molar-refractivity contribution in [1.29, 1.82) is 0 Å². The highest BCUT2D eigenvalue weighted by Crippen LogP contribution is 2.46. The van der Waals surface area contributed by atoms with Gasteiger partial charge in [-0.2, -0.15) is 0 Å². The molecule has 0 saturated heterocycles. The number of benzene rings is 10. The van der Waals surface area contributed by atoms with Crippen LogP contribution in [0, 0.1) is 0 Å². The number of nitrogens with zero attached hydrogens (tertiary/aromatic N) is 2. The zero-order valence-electron chi connectivity index (χ0n) is 34.4. The highest BCUT2D eigenvalue weighted by Gasteiger charge is 2.22. The van der Waals surface area contributed by atoms with E-state index in [4.69, 9.17) is 4.42 Å². The topological polar surface area (TPSA) is 21.3 Å². The van der Waals surface area contributed by atoms with Gasteiger partial charge in [0.15, 0.2) is 0 Å². The first-order valence-electron chi connectivity index (χ1n) is 21.5. The lowest BCUT2D eigenvalue weighted by molar-refractivity contribution is 0.670. The van der Waals surface area contributed by atoms with Crippen molar-refractivity contribution in [3.8, 4) is 50.2 Å². The summed E-state index contributed by atoms with van der Waals surface area (Å²) in [5.74, 6) is 0. The molecule has 63 heavy (non-hydrogen) atoms. The second kappa shape index (κ2) is 15.3. The van der Waals surface area contributed by atoms with Crippen LogP contribution in [0.15, 0.2) is 247 Å². The normalized spacial score (nSPS) is 11.5. The van der Waals surface area contributed by atoms with E-state index in [0.29, 0.717) is 0 Å². The lowest BCUT2D eigenvalue weighted by Gasteiger charge is -2.29. The Morgan fingerprint density at radius 2 is 0.873 bits per heavy atom. The number of fused-ring (bicyclic) bond motifs is 6. The Morgan fingerprint density at radius 1 is 0.317 bits per heavy atom. The number of anilines is 3. The van der Waals surface area contributed by atoms with E-state index in [2.05, 4.69) is 240 Å². The average molecular weight is 805 g/mol. The fourth-order valence-electron chi connectivity index (χ4n) is 9.58. The summed E-state index contributed by atoms with van der Waals surface area (Å²) < 4.78 is 8.96. The molecule has 0 N–H and O–H groups in total. The van der Waals surface area contributed by atoms with Gasteiger partial charge in [0.05, 0.1) is 22.4 Å². The Bertz CT molecular complexity index is 3580. The van der Waals surface area contributed by atoms with Gasteiger partial charge in [0, 0.05) is 49.6 Å². The van der Waals surface area contributed by atoms with Crippen LogP contribution in [0.4, 0.5) is 17.1 Å². The summed E-state index contributed by atoms with van der Waals surface area (Å²) in [5.41, 5.74) is 17.6. The van der Waals surface area contributed by atoms with Crippen LogP contribution in [-0.4, -0.2) is 4.57 Å². The molecule has 0 spiro atoms. The molecule has 0 aliphatic carbocycles. The molecule has 12 aromatic rings. The average Bonchev–Trinajstić information content (AvgIpc) is 3.91. The maximum Gasteiger partial charge on any atom is 0.143 e. The van der Waals surface area contributed by atoms with Crippen molar-refractivity contribution in [2.75, 3.05) is 4.90 Å². The molecular weight excluding hydrogens is 765 g/mol.